The summed E-state index contributed by atoms with van der Waals surface area (Å²) in [7, 11) is 0. The van der Waals surface area contributed by atoms with Crippen LogP contribution in [0.25, 0.3) is 0 Å². The molecule has 0 spiro atoms. The Morgan fingerprint density at radius 1 is 1.04 bits per heavy atom. The summed E-state index contributed by atoms with van der Waals surface area (Å²) in [4.78, 5) is 17.2. The molecule has 0 amide bonds. The van der Waals surface area contributed by atoms with Gasteiger partial charge in [0.15, 0.2) is 5.82 Å². The largest absolute Gasteiger partial charge is 0.360 e. The second kappa shape index (κ2) is 5.86. The number of Topliss-reactive ketones (excluding diaryl/α,β-unsaturated/α-hetero) is 1. The molecule has 0 fully saturated rings. The lowest BCUT2D eigenvalue weighted by molar-refractivity contribution is 0.103. The third kappa shape index (κ3) is 2.87. The van der Waals surface area contributed by atoms with Crippen LogP contribution in [-0.4, -0.2) is 21.8 Å². The fraction of sp³-hybridized carbons (Fsp3) is 0.111. The van der Waals surface area contributed by atoms with Gasteiger partial charge in [0, 0.05) is 23.3 Å². The van der Waals surface area contributed by atoms with E-state index in [2.05, 4.69) is 20.6 Å². The molecule has 1 N–H and O–H groups in total. The van der Waals surface area contributed by atoms with E-state index in [0.717, 1.165) is 11.3 Å². The molecule has 2 aromatic heterocycles. The van der Waals surface area contributed by atoms with Crippen molar-refractivity contribution in [1.82, 2.24) is 10.3 Å². The van der Waals surface area contributed by atoms with Gasteiger partial charge < -0.3 is 14.4 Å². The minimum Gasteiger partial charge on any atom is -0.360 e. The highest BCUT2D eigenvalue weighted by Gasteiger charge is 2.25. The summed E-state index contributed by atoms with van der Waals surface area (Å²) in [5.74, 6) is 1.36. The Morgan fingerprint density at radius 3 is 2.52 bits per heavy atom. The van der Waals surface area contributed by atoms with Crippen molar-refractivity contribution < 1.29 is 13.8 Å². The van der Waals surface area contributed by atoms with Crippen LogP contribution in [0, 0.1) is 13.8 Å². The maximum atomic E-state index is 12.8. The lowest BCUT2D eigenvalue weighted by atomic mass is 9.92. The van der Waals surface area contributed by atoms with Crippen molar-refractivity contribution in [3.05, 3.63) is 70.8 Å². The number of nitrogens with zero attached hydrogens (tertiary/aromatic N) is 3. The zero-order chi connectivity index (χ0) is 17.4. The molecule has 0 atom stereocenters. The van der Waals surface area contributed by atoms with Crippen molar-refractivity contribution in [2.75, 3.05) is 5.32 Å². The predicted octanol–water partition coefficient (Wildman–Crippen LogP) is 3.59. The summed E-state index contributed by atoms with van der Waals surface area (Å²) in [5, 5.41) is 10.7. The highest BCUT2D eigenvalue weighted by molar-refractivity contribution is 6.27. The zero-order valence-corrected chi connectivity index (χ0v) is 13.6. The van der Waals surface area contributed by atoms with Gasteiger partial charge in [0.25, 0.3) is 5.88 Å². The molecule has 7 heteroatoms. The van der Waals surface area contributed by atoms with Gasteiger partial charge in [-0.1, -0.05) is 34.6 Å². The topological polar surface area (TPSA) is 93.5 Å². The van der Waals surface area contributed by atoms with Gasteiger partial charge in [-0.05, 0) is 19.9 Å². The predicted molar refractivity (Wildman–Crippen MR) is 91.2 cm³/mol. The van der Waals surface area contributed by atoms with Crippen LogP contribution in [0.4, 0.5) is 11.7 Å². The molecule has 0 unspecified atom stereocenters. The number of rotatable bonds is 3. The van der Waals surface area contributed by atoms with Crippen molar-refractivity contribution in [3.8, 4) is 0 Å². The number of anilines is 1. The second-order valence-electron chi connectivity index (χ2n) is 5.68. The number of allylic oxidation sites excluding steroid dienone is 2. The molecule has 1 aliphatic rings. The van der Waals surface area contributed by atoms with Crippen molar-refractivity contribution in [2.45, 2.75) is 13.8 Å². The molecule has 7 nitrogen and oxygen atoms in total. The van der Waals surface area contributed by atoms with Crippen LogP contribution < -0.4 is 5.32 Å². The molecule has 124 valence electrons. The number of aromatic nitrogens is 2. The van der Waals surface area contributed by atoms with Crippen LogP contribution in [0.5, 0.6) is 0 Å². The first kappa shape index (κ1) is 15.1. The molecular formula is C18H14N4O3. The number of fused-ring (bicyclic) bond motifs is 1. The minimum absolute atomic E-state index is 0.135. The van der Waals surface area contributed by atoms with Crippen LogP contribution >= 0.6 is 0 Å². The van der Waals surface area contributed by atoms with Gasteiger partial charge in [0.05, 0.1) is 17.1 Å². The molecule has 0 aliphatic heterocycles. The normalized spacial score (nSPS) is 15.2. The SMILES string of the molecule is Cc1cc(/N=C2/C=C(Nc3cc(C)on3)C(=O)c3ccccc32)on1. The van der Waals surface area contributed by atoms with Crippen LogP contribution in [0.3, 0.4) is 0 Å². The third-order valence-electron chi connectivity index (χ3n) is 3.71. The first-order chi connectivity index (χ1) is 12.1. The van der Waals surface area contributed by atoms with E-state index in [4.69, 9.17) is 9.05 Å². The van der Waals surface area contributed by atoms with E-state index in [1.165, 1.54) is 0 Å². The molecule has 3 aromatic rings. The summed E-state index contributed by atoms with van der Waals surface area (Å²) in [6.07, 6.45) is 1.67. The van der Waals surface area contributed by atoms with E-state index in [1.807, 2.05) is 25.1 Å². The van der Waals surface area contributed by atoms with E-state index < -0.39 is 0 Å². The lowest BCUT2D eigenvalue weighted by Crippen LogP contribution is -2.21. The van der Waals surface area contributed by atoms with Gasteiger partial charge in [-0.15, -0.1) is 0 Å². The molecule has 2 heterocycles. The molecule has 1 aromatic carbocycles. The van der Waals surface area contributed by atoms with E-state index in [0.29, 0.717) is 34.4 Å². The molecule has 25 heavy (non-hydrogen) atoms. The highest BCUT2D eigenvalue weighted by Crippen LogP contribution is 2.25. The average Bonchev–Trinajstić information content (AvgIpc) is 3.20. The molecule has 0 bridgehead atoms. The number of ketones is 1. The fourth-order valence-corrected chi connectivity index (χ4v) is 2.60. The summed E-state index contributed by atoms with van der Waals surface area (Å²) < 4.78 is 10.2. The number of aliphatic imine (C=N–C) groups is 1. The summed E-state index contributed by atoms with van der Waals surface area (Å²) >= 11 is 0. The van der Waals surface area contributed by atoms with E-state index >= 15 is 0 Å². The number of hydrogen-bond donors (Lipinski definition) is 1. The van der Waals surface area contributed by atoms with Crippen LogP contribution in [0.15, 0.2) is 62.2 Å². The average molecular weight is 334 g/mol. The molecule has 0 saturated carbocycles. The number of nitrogens with one attached hydrogen (secondary N) is 1. The second-order valence-corrected chi connectivity index (χ2v) is 5.68. The quantitative estimate of drug-likeness (QED) is 0.786. The number of carbonyl (C=O) groups excluding carboxylic acids is 1. The zero-order valence-electron chi connectivity index (χ0n) is 13.6. The van der Waals surface area contributed by atoms with Gasteiger partial charge in [0.1, 0.15) is 5.76 Å². The third-order valence-corrected chi connectivity index (χ3v) is 3.71. The number of carbonyl (C=O) groups is 1. The summed E-state index contributed by atoms with van der Waals surface area (Å²) in [6.45, 7) is 3.60. The lowest BCUT2D eigenvalue weighted by Gasteiger charge is -2.17. The maximum absolute atomic E-state index is 12.8. The minimum atomic E-state index is -0.135. The van der Waals surface area contributed by atoms with Gasteiger partial charge in [-0.3, -0.25) is 4.79 Å². The number of benzene rings is 1. The Labute approximate surface area is 143 Å². The number of aryl methyl sites for hydroxylation is 2. The van der Waals surface area contributed by atoms with Crippen molar-refractivity contribution >= 4 is 23.2 Å². The van der Waals surface area contributed by atoms with E-state index in [1.54, 1.807) is 31.2 Å². The van der Waals surface area contributed by atoms with Crippen LogP contribution in [0.2, 0.25) is 0 Å². The molecular weight excluding hydrogens is 320 g/mol. The highest BCUT2D eigenvalue weighted by atomic mass is 16.5. The van der Waals surface area contributed by atoms with Gasteiger partial charge in [-0.2, -0.15) is 0 Å². The molecule has 1 aliphatic carbocycles. The standard InChI is InChI=1S/C18H14N4O3/c1-10-7-17(25-21-10)20-14-9-15(19-16-8-11(2)24-22-16)18(23)13-6-4-3-5-12(13)14/h3-9H,1-2H3,(H,19,22)/b20-14-. The first-order valence-corrected chi connectivity index (χ1v) is 7.68. The summed E-state index contributed by atoms with van der Waals surface area (Å²) in [6, 6.07) is 10.7. The molecule has 0 radical (unpaired) electrons. The van der Waals surface area contributed by atoms with Crippen molar-refractivity contribution in [2.24, 2.45) is 4.99 Å². The Hall–Kier alpha value is -3.48. The molecule has 4 rings (SSSR count). The summed E-state index contributed by atoms with van der Waals surface area (Å²) in [5.41, 5.74) is 3.00. The smallest absolute Gasteiger partial charge is 0.251 e. The van der Waals surface area contributed by atoms with Gasteiger partial charge in [0.2, 0.25) is 5.78 Å². The Balaban J connectivity index is 1.79. The Morgan fingerprint density at radius 2 is 1.84 bits per heavy atom. The van der Waals surface area contributed by atoms with Crippen LogP contribution in [-0.2, 0) is 0 Å². The van der Waals surface area contributed by atoms with Crippen molar-refractivity contribution in [3.63, 3.8) is 0 Å². The number of hydrogen-bond acceptors (Lipinski definition) is 7. The first-order valence-electron chi connectivity index (χ1n) is 7.68. The Bertz CT molecular complexity index is 1030. The Kier molecular flexibility index (Phi) is 3.53. The molecule has 0 saturated heterocycles. The van der Waals surface area contributed by atoms with Gasteiger partial charge in [-0.25, -0.2) is 4.99 Å². The van der Waals surface area contributed by atoms with Crippen molar-refractivity contribution in [1.29, 1.82) is 0 Å². The van der Waals surface area contributed by atoms with E-state index in [9.17, 15) is 4.79 Å². The monoisotopic (exact) mass is 334 g/mol. The maximum Gasteiger partial charge on any atom is 0.251 e. The van der Waals surface area contributed by atoms with Gasteiger partial charge >= 0.3 is 0 Å². The van der Waals surface area contributed by atoms with Crippen LogP contribution in [0.1, 0.15) is 27.4 Å². The van der Waals surface area contributed by atoms with E-state index in [-0.39, 0.29) is 5.78 Å². The fourth-order valence-electron chi connectivity index (χ4n) is 2.60.